The lowest BCUT2D eigenvalue weighted by molar-refractivity contribution is -0.123. The van der Waals surface area contributed by atoms with Gasteiger partial charge in [0, 0.05) is 23.2 Å². The Labute approximate surface area is 251 Å². The van der Waals surface area contributed by atoms with Gasteiger partial charge in [0.15, 0.2) is 0 Å². The third kappa shape index (κ3) is 6.01. The summed E-state index contributed by atoms with van der Waals surface area (Å²) in [5.74, 6) is 1.99. The Kier molecular flexibility index (Phi) is 8.87. The van der Waals surface area contributed by atoms with Gasteiger partial charge in [-0.3, -0.25) is 14.5 Å². The molecule has 1 aliphatic heterocycles. The highest BCUT2D eigenvalue weighted by molar-refractivity contribution is 8.00. The first-order valence-electron chi connectivity index (χ1n) is 14.0. The summed E-state index contributed by atoms with van der Waals surface area (Å²) in [5, 5.41) is 7.79. The highest BCUT2D eigenvalue weighted by Gasteiger charge is 2.38. The Bertz CT molecular complexity index is 1570. The molecule has 5 rings (SSSR count). The number of hydrogen-bond donors (Lipinski definition) is 1. The van der Waals surface area contributed by atoms with Crippen molar-refractivity contribution >= 4 is 29.4 Å². The van der Waals surface area contributed by atoms with Crippen molar-refractivity contribution in [3.63, 3.8) is 0 Å². The summed E-state index contributed by atoms with van der Waals surface area (Å²) < 4.78 is 13.2. The van der Waals surface area contributed by atoms with Crippen molar-refractivity contribution in [2.75, 3.05) is 38.0 Å². The van der Waals surface area contributed by atoms with Gasteiger partial charge in [-0.05, 0) is 43.2 Å². The van der Waals surface area contributed by atoms with E-state index >= 15 is 0 Å². The van der Waals surface area contributed by atoms with Gasteiger partial charge in [0.05, 0.1) is 36.6 Å². The Hall–Kier alpha value is -4.24. The minimum atomic E-state index is -0.341. The topological polar surface area (TPSA) is 85.7 Å². The van der Waals surface area contributed by atoms with E-state index in [0.29, 0.717) is 23.9 Å². The predicted octanol–water partition coefficient (Wildman–Crippen LogP) is 5.81. The predicted molar refractivity (Wildman–Crippen MR) is 168 cm³/mol. The van der Waals surface area contributed by atoms with Crippen LogP contribution in [-0.2, 0) is 9.59 Å². The summed E-state index contributed by atoms with van der Waals surface area (Å²) in [7, 11) is 3.26. The molecule has 0 saturated carbocycles. The molecule has 9 heteroatoms. The Morgan fingerprint density at radius 1 is 1.05 bits per heavy atom. The van der Waals surface area contributed by atoms with Crippen LogP contribution in [0.25, 0.3) is 16.9 Å². The molecule has 0 fully saturated rings. The number of aryl methyl sites for hydroxylation is 1. The zero-order valence-electron chi connectivity index (χ0n) is 24.6. The van der Waals surface area contributed by atoms with E-state index in [1.807, 2.05) is 93.6 Å². The smallest absolute Gasteiger partial charge is 0.240 e. The summed E-state index contributed by atoms with van der Waals surface area (Å²) in [6.45, 7) is 6.51. The SMILES string of the molecule is COc1ccc(OC)c(C2SCC(=O)N(CC(=O)NCC(C)C)c3c2c(-c2ccccc2)nn3-c2ccc(C)cc2)c1. The monoisotopic (exact) mass is 584 g/mol. The van der Waals surface area contributed by atoms with Crippen LogP contribution in [0.5, 0.6) is 11.5 Å². The number of nitrogens with one attached hydrogen (secondary N) is 1. The molecule has 0 saturated heterocycles. The van der Waals surface area contributed by atoms with Crippen LogP contribution >= 0.6 is 11.8 Å². The van der Waals surface area contributed by atoms with Crippen molar-refractivity contribution in [1.29, 1.82) is 0 Å². The lowest BCUT2D eigenvalue weighted by Crippen LogP contribution is -2.43. The molecular weight excluding hydrogens is 548 g/mol. The van der Waals surface area contributed by atoms with E-state index in [9.17, 15) is 9.59 Å². The molecular formula is C33H36N4O4S. The molecule has 1 atom stereocenters. The molecule has 1 aliphatic rings. The van der Waals surface area contributed by atoms with E-state index in [1.165, 1.54) is 11.8 Å². The number of benzene rings is 3. The maximum Gasteiger partial charge on any atom is 0.240 e. The molecule has 218 valence electrons. The van der Waals surface area contributed by atoms with Crippen LogP contribution in [-0.4, -0.2) is 54.7 Å². The molecule has 0 spiro atoms. The van der Waals surface area contributed by atoms with E-state index < -0.39 is 0 Å². The summed E-state index contributed by atoms with van der Waals surface area (Å²) in [4.78, 5) is 28.7. The fourth-order valence-corrected chi connectivity index (χ4v) is 6.21. The minimum Gasteiger partial charge on any atom is -0.497 e. The van der Waals surface area contributed by atoms with Crippen LogP contribution in [0.1, 0.15) is 35.8 Å². The van der Waals surface area contributed by atoms with Gasteiger partial charge in [0.2, 0.25) is 11.8 Å². The molecule has 0 radical (unpaired) electrons. The molecule has 2 heterocycles. The van der Waals surface area contributed by atoms with E-state index in [4.69, 9.17) is 14.6 Å². The van der Waals surface area contributed by atoms with E-state index in [-0.39, 0.29) is 35.3 Å². The fourth-order valence-electron chi connectivity index (χ4n) is 5.00. The van der Waals surface area contributed by atoms with Gasteiger partial charge in [0.25, 0.3) is 0 Å². The van der Waals surface area contributed by atoms with Crippen LogP contribution in [0.15, 0.2) is 72.8 Å². The number of amides is 2. The van der Waals surface area contributed by atoms with Gasteiger partial charge >= 0.3 is 0 Å². The van der Waals surface area contributed by atoms with Crippen molar-refractivity contribution in [2.24, 2.45) is 5.92 Å². The summed E-state index contributed by atoms with van der Waals surface area (Å²) in [6, 6.07) is 23.6. The summed E-state index contributed by atoms with van der Waals surface area (Å²) >= 11 is 1.49. The zero-order valence-corrected chi connectivity index (χ0v) is 25.4. The quantitative estimate of drug-likeness (QED) is 0.267. The number of aromatic nitrogens is 2. The normalized spacial score (nSPS) is 14.9. The highest BCUT2D eigenvalue weighted by atomic mass is 32.2. The van der Waals surface area contributed by atoms with Gasteiger partial charge in [-0.15, -0.1) is 11.8 Å². The van der Waals surface area contributed by atoms with Crippen molar-refractivity contribution in [2.45, 2.75) is 26.0 Å². The number of methoxy groups -OCH3 is 2. The van der Waals surface area contributed by atoms with Crippen LogP contribution in [0, 0.1) is 12.8 Å². The van der Waals surface area contributed by atoms with E-state index in [1.54, 1.807) is 23.8 Å². The number of rotatable bonds is 9. The number of carbonyl (C=O) groups is 2. The second kappa shape index (κ2) is 12.7. The number of anilines is 1. The van der Waals surface area contributed by atoms with E-state index in [0.717, 1.165) is 33.6 Å². The Morgan fingerprint density at radius 2 is 1.79 bits per heavy atom. The molecule has 0 bridgehead atoms. The first-order valence-corrected chi connectivity index (χ1v) is 15.0. The maximum atomic E-state index is 13.9. The second-order valence-electron chi connectivity index (χ2n) is 10.7. The van der Waals surface area contributed by atoms with Crippen LogP contribution < -0.4 is 19.7 Å². The fraction of sp³-hybridized carbons (Fsp3) is 0.303. The standard InChI is InChI=1S/C33H36N4O4S/c1-21(2)18-34-28(38)19-36-29(39)20-42-32(26-17-25(40-4)15-16-27(26)41-5)30-31(23-9-7-6-8-10-23)35-37(33(30)36)24-13-11-22(3)12-14-24/h6-17,21,32H,18-20H2,1-5H3,(H,34,38). The minimum absolute atomic E-state index is 0.118. The number of ether oxygens (including phenoxy) is 2. The molecule has 42 heavy (non-hydrogen) atoms. The molecule has 2 amide bonds. The van der Waals surface area contributed by atoms with Gasteiger partial charge in [0.1, 0.15) is 23.9 Å². The van der Waals surface area contributed by atoms with Crippen LogP contribution in [0.2, 0.25) is 0 Å². The number of nitrogens with zero attached hydrogens (tertiary/aromatic N) is 3. The third-order valence-corrected chi connectivity index (χ3v) is 8.38. The molecule has 1 unspecified atom stereocenters. The summed E-state index contributed by atoms with van der Waals surface area (Å²) in [5.41, 5.74) is 5.24. The highest BCUT2D eigenvalue weighted by Crippen LogP contribution is 2.51. The van der Waals surface area contributed by atoms with Gasteiger partial charge in [-0.25, -0.2) is 4.68 Å². The number of hydrogen-bond acceptors (Lipinski definition) is 6. The lowest BCUT2D eigenvalue weighted by atomic mass is 9.98. The number of fused-ring (bicyclic) bond motifs is 1. The third-order valence-electron chi connectivity index (χ3n) is 7.14. The molecule has 1 aromatic heterocycles. The van der Waals surface area contributed by atoms with Crippen LogP contribution in [0.3, 0.4) is 0 Å². The molecule has 3 aromatic carbocycles. The maximum absolute atomic E-state index is 13.9. The molecule has 8 nitrogen and oxygen atoms in total. The number of carbonyl (C=O) groups excluding carboxylic acids is 2. The second-order valence-corrected chi connectivity index (χ2v) is 11.8. The summed E-state index contributed by atoms with van der Waals surface area (Å²) in [6.07, 6.45) is 0. The molecule has 1 N–H and O–H groups in total. The Balaban J connectivity index is 1.80. The van der Waals surface area contributed by atoms with Gasteiger partial charge < -0.3 is 14.8 Å². The first-order chi connectivity index (χ1) is 20.3. The number of thioether (sulfide) groups is 1. The molecule has 0 aliphatic carbocycles. The van der Waals surface area contributed by atoms with E-state index in [2.05, 4.69) is 5.32 Å². The van der Waals surface area contributed by atoms with Crippen molar-refractivity contribution < 1.29 is 19.1 Å². The first kappa shape index (κ1) is 29.3. The van der Waals surface area contributed by atoms with Crippen LogP contribution in [0.4, 0.5) is 5.82 Å². The van der Waals surface area contributed by atoms with Crippen molar-refractivity contribution in [3.8, 4) is 28.4 Å². The van der Waals surface area contributed by atoms with Crippen molar-refractivity contribution in [3.05, 3.63) is 89.5 Å². The molecule has 4 aromatic rings. The van der Waals surface area contributed by atoms with Crippen molar-refractivity contribution in [1.82, 2.24) is 15.1 Å². The average Bonchev–Trinajstić information content (AvgIpc) is 3.33. The average molecular weight is 585 g/mol. The zero-order chi connectivity index (χ0) is 29.8. The Morgan fingerprint density at radius 3 is 2.45 bits per heavy atom. The lowest BCUT2D eigenvalue weighted by Gasteiger charge is -2.24. The van der Waals surface area contributed by atoms with Gasteiger partial charge in [-0.1, -0.05) is 61.9 Å². The largest absolute Gasteiger partial charge is 0.497 e. The van der Waals surface area contributed by atoms with Gasteiger partial charge in [-0.2, -0.15) is 5.10 Å².